The van der Waals surface area contributed by atoms with Crippen LogP contribution in [0.1, 0.15) is 5.56 Å². The van der Waals surface area contributed by atoms with Crippen molar-refractivity contribution >= 4 is 22.7 Å². The van der Waals surface area contributed by atoms with E-state index < -0.39 is 0 Å². The lowest BCUT2D eigenvalue weighted by atomic mass is 10.1. The molecule has 0 radical (unpaired) electrons. The van der Waals surface area contributed by atoms with E-state index in [0.29, 0.717) is 5.75 Å². The summed E-state index contributed by atoms with van der Waals surface area (Å²) >= 11 is 1.84. The minimum atomic E-state index is 0.336. The van der Waals surface area contributed by atoms with E-state index in [0.717, 1.165) is 23.1 Å². The van der Waals surface area contributed by atoms with Crippen molar-refractivity contribution in [1.82, 2.24) is 4.98 Å². The first-order valence-corrected chi connectivity index (χ1v) is 5.98. The van der Waals surface area contributed by atoms with Crippen LogP contribution in [0.5, 0.6) is 5.75 Å². The fourth-order valence-corrected chi connectivity index (χ4v) is 2.01. The molecule has 0 amide bonds. The highest BCUT2D eigenvalue weighted by Crippen LogP contribution is 2.23. The lowest BCUT2D eigenvalue weighted by molar-refractivity contribution is 0.476. The SMILES string of the molecule is CSCCc1c[nH]c2ccc(O)cc12. The molecule has 2 rings (SSSR count). The molecule has 0 aliphatic heterocycles. The van der Waals surface area contributed by atoms with Gasteiger partial charge in [-0.15, -0.1) is 0 Å². The molecule has 1 aromatic carbocycles. The molecule has 74 valence electrons. The van der Waals surface area contributed by atoms with Crippen molar-refractivity contribution in [3.8, 4) is 5.75 Å². The number of phenols is 1. The van der Waals surface area contributed by atoms with Crippen LogP contribution in [0, 0.1) is 0 Å². The minimum absolute atomic E-state index is 0.336. The summed E-state index contributed by atoms with van der Waals surface area (Å²) in [6, 6.07) is 5.44. The molecule has 0 aliphatic rings. The Hall–Kier alpha value is -1.09. The molecular formula is C11H13NOS. The summed E-state index contributed by atoms with van der Waals surface area (Å²) in [5.41, 5.74) is 2.38. The molecule has 2 aromatic rings. The number of aromatic hydroxyl groups is 1. The summed E-state index contributed by atoms with van der Waals surface area (Å²) in [7, 11) is 0. The van der Waals surface area contributed by atoms with Gasteiger partial charge in [0.25, 0.3) is 0 Å². The molecule has 1 heterocycles. The minimum Gasteiger partial charge on any atom is -0.508 e. The Kier molecular flexibility index (Phi) is 2.68. The van der Waals surface area contributed by atoms with E-state index in [9.17, 15) is 5.11 Å². The van der Waals surface area contributed by atoms with Crippen molar-refractivity contribution in [1.29, 1.82) is 0 Å². The number of aryl methyl sites for hydroxylation is 1. The van der Waals surface area contributed by atoms with E-state index in [1.54, 1.807) is 6.07 Å². The predicted octanol–water partition coefficient (Wildman–Crippen LogP) is 2.78. The maximum atomic E-state index is 9.38. The number of hydrogen-bond acceptors (Lipinski definition) is 2. The first kappa shape index (κ1) is 9.46. The predicted molar refractivity (Wildman–Crippen MR) is 62.0 cm³/mol. The molecule has 0 atom stereocenters. The highest BCUT2D eigenvalue weighted by atomic mass is 32.2. The van der Waals surface area contributed by atoms with Gasteiger partial charge in [-0.3, -0.25) is 0 Å². The van der Waals surface area contributed by atoms with Gasteiger partial charge < -0.3 is 10.1 Å². The van der Waals surface area contributed by atoms with Crippen LogP contribution >= 0.6 is 11.8 Å². The number of hydrogen-bond donors (Lipinski definition) is 2. The van der Waals surface area contributed by atoms with Crippen molar-refractivity contribution in [2.24, 2.45) is 0 Å². The number of benzene rings is 1. The van der Waals surface area contributed by atoms with Crippen molar-refractivity contribution in [3.63, 3.8) is 0 Å². The molecule has 0 spiro atoms. The second-order valence-electron chi connectivity index (χ2n) is 3.29. The number of H-pyrrole nitrogens is 1. The number of rotatable bonds is 3. The maximum Gasteiger partial charge on any atom is 0.116 e. The summed E-state index contributed by atoms with van der Waals surface area (Å²) in [6.45, 7) is 0. The third-order valence-electron chi connectivity index (χ3n) is 2.33. The number of thioether (sulfide) groups is 1. The van der Waals surface area contributed by atoms with Crippen LogP contribution in [0.2, 0.25) is 0 Å². The van der Waals surface area contributed by atoms with Crippen LogP contribution in [0.4, 0.5) is 0 Å². The fourth-order valence-electron chi connectivity index (χ4n) is 1.59. The van der Waals surface area contributed by atoms with Gasteiger partial charge in [0, 0.05) is 17.1 Å². The Morgan fingerprint density at radius 2 is 2.29 bits per heavy atom. The fraction of sp³-hybridized carbons (Fsp3) is 0.273. The van der Waals surface area contributed by atoms with Gasteiger partial charge in [0.05, 0.1) is 0 Å². The van der Waals surface area contributed by atoms with Gasteiger partial charge in [-0.25, -0.2) is 0 Å². The normalized spacial score (nSPS) is 10.9. The zero-order chi connectivity index (χ0) is 9.97. The average molecular weight is 207 g/mol. The van der Waals surface area contributed by atoms with Crippen LogP contribution in [-0.2, 0) is 6.42 Å². The van der Waals surface area contributed by atoms with E-state index in [1.807, 2.05) is 30.1 Å². The first-order valence-electron chi connectivity index (χ1n) is 4.59. The van der Waals surface area contributed by atoms with Crippen molar-refractivity contribution in [3.05, 3.63) is 30.0 Å². The third kappa shape index (κ3) is 1.73. The van der Waals surface area contributed by atoms with Crippen molar-refractivity contribution < 1.29 is 5.11 Å². The lowest BCUT2D eigenvalue weighted by Gasteiger charge is -1.97. The molecule has 2 nitrogen and oxygen atoms in total. The molecule has 14 heavy (non-hydrogen) atoms. The van der Waals surface area contributed by atoms with Crippen molar-refractivity contribution in [2.75, 3.05) is 12.0 Å². The number of aromatic nitrogens is 1. The van der Waals surface area contributed by atoms with Crippen LogP contribution in [0.25, 0.3) is 10.9 Å². The van der Waals surface area contributed by atoms with E-state index in [1.165, 1.54) is 5.56 Å². The highest BCUT2D eigenvalue weighted by molar-refractivity contribution is 7.98. The second kappa shape index (κ2) is 3.96. The zero-order valence-electron chi connectivity index (χ0n) is 8.08. The van der Waals surface area contributed by atoms with E-state index >= 15 is 0 Å². The van der Waals surface area contributed by atoms with Crippen LogP contribution in [-0.4, -0.2) is 22.1 Å². The summed E-state index contributed by atoms with van der Waals surface area (Å²) in [6.07, 6.45) is 5.18. The largest absolute Gasteiger partial charge is 0.508 e. The van der Waals surface area contributed by atoms with E-state index in [2.05, 4.69) is 11.2 Å². The summed E-state index contributed by atoms with van der Waals surface area (Å²) in [5, 5.41) is 10.5. The molecule has 0 saturated carbocycles. The van der Waals surface area contributed by atoms with Crippen LogP contribution < -0.4 is 0 Å². The van der Waals surface area contributed by atoms with Crippen molar-refractivity contribution in [2.45, 2.75) is 6.42 Å². The standard InChI is InChI=1S/C11H13NOS/c1-14-5-4-8-7-12-11-3-2-9(13)6-10(8)11/h2-3,6-7,12-13H,4-5H2,1H3. The zero-order valence-corrected chi connectivity index (χ0v) is 8.90. The topological polar surface area (TPSA) is 36.0 Å². The number of aromatic amines is 1. The van der Waals surface area contributed by atoms with Gasteiger partial charge in [0.15, 0.2) is 0 Å². The molecule has 0 bridgehead atoms. The Morgan fingerprint density at radius 3 is 3.07 bits per heavy atom. The number of phenolic OH excluding ortho intramolecular Hbond substituents is 1. The molecule has 2 N–H and O–H groups in total. The third-order valence-corrected chi connectivity index (χ3v) is 2.94. The van der Waals surface area contributed by atoms with Crippen LogP contribution in [0.15, 0.2) is 24.4 Å². The van der Waals surface area contributed by atoms with Gasteiger partial charge >= 0.3 is 0 Å². The highest BCUT2D eigenvalue weighted by Gasteiger charge is 2.03. The van der Waals surface area contributed by atoms with Gasteiger partial charge in [-0.05, 0) is 42.2 Å². The lowest BCUT2D eigenvalue weighted by Crippen LogP contribution is -1.85. The molecule has 1 aromatic heterocycles. The monoisotopic (exact) mass is 207 g/mol. The molecule has 0 aliphatic carbocycles. The molecule has 3 heteroatoms. The maximum absolute atomic E-state index is 9.38. The first-order chi connectivity index (χ1) is 6.81. The van der Waals surface area contributed by atoms with Gasteiger partial charge in [0.1, 0.15) is 5.75 Å². The van der Waals surface area contributed by atoms with Gasteiger partial charge in [-0.2, -0.15) is 11.8 Å². The van der Waals surface area contributed by atoms with Gasteiger partial charge in [-0.1, -0.05) is 0 Å². The second-order valence-corrected chi connectivity index (χ2v) is 4.27. The Labute approximate surface area is 87.3 Å². The number of nitrogens with one attached hydrogen (secondary N) is 1. The van der Waals surface area contributed by atoms with Gasteiger partial charge in [0.2, 0.25) is 0 Å². The Balaban J connectivity index is 2.40. The quantitative estimate of drug-likeness (QED) is 0.812. The smallest absolute Gasteiger partial charge is 0.116 e. The summed E-state index contributed by atoms with van der Waals surface area (Å²) < 4.78 is 0. The number of fused-ring (bicyclic) bond motifs is 1. The molecule has 0 saturated heterocycles. The van der Waals surface area contributed by atoms with Crippen LogP contribution in [0.3, 0.4) is 0 Å². The van der Waals surface area contributed by atoms with E-state index in [4.69, 9.17) is 0 Å². The Bertz CT molecular complexity index is 436. The molecular weight excluding hydrogens is 194 g/mol. The Morgan fingerprint density at radius 1 is 1.43 bits per heavy atom. The average Bonchev–Trinajstić information content (AvgIpc) is 2.57. The summed E-state index contributed by atoms with van der Waals surface area (Å²) in [4.78, 5) is 3.20. The molecule has 0 fully saturated rings. The summed E-state index contributed by atoms with van der Waals surface area (Å²) in [5.74, 6) is 1.45. The van der Waals surface area contributed by atoms with E-state index in [-0.39, 0.29) is 0 Å². The molecule has 0 unspecified atom stereocenters.